The SMILES string of the molecule is O=C(O)CC1COc2cc(O[C@@H]3CCc4c3ccc(C(F)(F)F)c4Cc3cccc(F)c3)ccc21. The lowest BCUT2D eigenvalue weighted by molar-refractivity contribution is -0.138. The predicted molar refractivity (Wildman–Crippen MR) is 119 cm³/mol. The second kappa shape index (κ2) is 8.91. The summed E-state index contributed by atoms with van der Waals surface area (Å²) in [4.78, 5) is 11.1. The standard InChI is InChI=1S/C27H22F4O4/c28-17-3-1-2-15(10-17)11-22-20-7-9-24(21(20)6-8-23(22)27(29,30)31)35-18-4-5-19-16(12-26(32)33)14-34-25(19)13-18/h1-6,8,10,13,16,24H,7,9,11-12,14H2,(H,32,33)/t16?,24-/m1/s1. The fraction of sp³-hybridized carbons (Fsp3) is 0.296. The zero-order valence-electron chi connectivity index (χ0n) is 18.6. The smallest absolute Gasteiger partial charge is 0.416 e. The molecule has 3 aromatic rings. The molecular formula is C27H22F4O4. The molecule has 1 aliphatic heterocycles. The summed E-state index contributed by atoms with van der Waals surface area (Å²) in [5.41, 5.74) is 2.00. The van der Waals surface area contributed by atoms with Crippen LogP contribution < -0.4 is 9.47 Å². The Bertz CT molecular complexity index is 1280. The van der Waals surface area contributed by atoms with Gasteiger partial charge in [0.15, 0.2) is 0 Å². The monoisotopic (exact) mass is 486 g/mol. The molecule has 35 heavy (non-hydrogen) atoms. The lowest BCUT2D eigenvalue weighted by atomic mass is 9.92. The minimum atomic E-state index is -4.53. The van der Waals surface area contributed by atoms with Crippen molar-refractivity contribution < 1.29 is 36.9 Å². The molecule has 0 radical (unpaired) electrons. The van der Waals surface area contributed by atoms with Gasteiger partial charge in [-0.05, 0) is 65.8 Å². The van der Waals surface area contributed by atoms with E-state index in [0.29, 0.717) is 41.0 Å². The first-order valence-corrected chi connectivity index (χ1v) is 11.3. The third-order valence-electron chi connectivity index (χ3n) is 6.61. The molecule has 3 aromatic carbocycles. The number of carboxylic acids is 1. The van der Waals surface area contributed by atoms with E-state index in [9.17, 15) is 22.4 Å². The first-order chi connectivity index (χ1) is 16.7. The van der Waals surface area contributed by atoms with E-state index in [1.54, 1.807) is 24.3 Å². The largest absolute Gasteiger partial charge is 0.492 e. The summed E-state index contributed by atoms with van der Waals surface area (Å²) in [5.74, 6) is -0.554. The number of halogens is 4. The van der Waals surface area contributed by atoms with Gasteiger partial charge in [-0.3, -0.25) is 4.79 Å². The van der Waals surface area contributed by atoms with Crippen LogP contribution in [0.3, 0.4) is 0 Å². The third kappa shape index (κ3) is 4.70. The van der Waals surface area contributed by atoms with Gasteiger partial charge in [0.1, 0.15) is 23.4 Å². The number of aliphatic carboxylic acids is 1. The van der Waals surface area contributed by atoms with Crippen LogP contribution in [0.5, 0.6) is 11.5 Å². The summed E-state index contributed by atoms with van der Waals surface area (Å²) in [6.07, 6.45) is -4.10. The Labute approximate surface area is 199 Å². The molecule has 1 aliphatic carbocycles. The number of fused-ring (bicyclic) bond motifs is 2. The fourth-order valence-electron chi connectivity index (χ4n) is 5.05. The summed E-state index contributed by atoms with van der Waals surface area (Å²) in [6.45, 7) is 0.279. The van der Waals surface area contributed by atoms with Crippen molar-refractivity contribution in [3.8, 4) is 11.5 Å². The molecule has 2 aliphatic rings. The van der Waals surface area contributed by atoms with Gasteiger partial charge in [0.05, 0.1) is 18.6 Å². The molecule has 8 heteroatoms. The van der Waals surface area contributed by atoms with Crippen molar-refractivity contribution in [2.75, 3.05) is 6.61 Å². The van der Waals surface area contributed by atoms with E-state index in [4.69, 9.17) is 14.6 Å². The molecule has 0 fully saturated rings. The van der Waals surface area contributed by atoms with E-state index in [2.05, 4.69) is 0 Å². The minimum absolute atomic E-state index is 0.0276. The molecule has 0 bridgehead atoms. The normalized spacial score (nSPS) is 18.6. The van der Waals surface area contributed by atoms with Crippen molar-refractivity contribution >= 4 is 5.97 Å². The van der Waals surface area contributed by atoms with Crippen LogP contribution in [0, 0.1) is 5.82 Å². The highest BCUT2D eigenvalue weighted by molar-refractivity contribution is 5.68. The van der Waals surface area contributed by atoms with Crippen LogP contribution in [0.25, 0.3) is 0 Å². The average Bonchev–Trinajstić information content (AvgIpc) is 3.37. The molecule has 0 amide bonds. The van der Waals surface area contributed by atoms with Crippen molar-refractivity contribution in [2.45, 2.75) is 43.9 Å². The Hall–Kier alpha value is -3.55. The highest BCUT2D eigenvalue weighted by atomic mass is 19.4. The summed E-state index contributed by atoms with van der Waals surface area (Å²) < 4.78 is 66.9. The Morgan fingerprint density at radius 3 is 2.63 bits per heavy atom. The van der Waals surface area contributed by atoms with Crippen LogP contribution in [-0.2, 0) is 23.8 Å². The number of rotatable bonds is 6. The van der Waals surface area contributed by atoms with Crippen LogP contribution >= 0.6 is 0 Å². The lowest BCUT2D eigenvalue weighted by Crippen LogP contribution is -2.13. The molecule has 2 atom stereocenters. The highest BCUT2D eigenvalue weighted by Gasteiger charge is 2.37. The molecule has 1 N–H and O–H groups in total. The first-order valence-electron chi connectivity index (χ1n) is 11.3. The summed E-state index contributed by atoms with van der Waals surface area (Å²) in [5, 5.41) is 9.07. The van der Waals surface area contributed by atoms with Gasteiger partial charge in [0.25, 0.3) is 0 Å². The average molecular weight is 486 g/mol. The molecule has 0 spiro atoms. The maximum Gasteiger partial charge on any atom is 0.416 e. The van der Waals surface area contributed by atoms with Gasteiger partial charge in [-0.25, -0.2) is 4.39 Å². The quantitative estimate of drug-likeness (QED) is 0.407. The van der Waals surface area contributed by atoms with Crippen molar-refractivity contribution in [2.24, 2.45) is 0 Å². The van der Waals surface area contributed by atoms with Gasteiger partial charge >= 0.3 is 12.1 Å². The van der Waals surface area contributed by atoms with Crippen molar-refractivity contribution in [1.82, 2.24) is 0 Å². The van der Waals surface area contributed by atoms with E-state index in [0.717, 1.165) is 11.6 Å². The predicted octanol–water partition coefficient (Wildman–Crippen LogP) is 6.45. The highest BCUT2D eigenvalue weighted by Crippen LogP contribution is 2.44. The van der Waals surface area contributed by atoms with Gasteiger partial charge < -0.3 is 14.6 Å². The fourth-order valence-corrected chi connectivity index (χ4v) is 5.05. The maximum absolute atomic E-state index is 13.8. The topological polar surface area (TPSA) is 55.8 Å². The number of carbonyl (C=O) groups is 1. The second-order valence-electron chi connectivity index (χ2n) is 8.91. The van der Waals surface area contributed by atoms with Crippen LogP contribution in [0.4, 0.5) is 17.6 Å². The summed E-state index contributed by atoms with van der Waals surface area (Å²) >= 11 is 0. The van der Waals surface area contributed by atoms with Crippen molar-refractivity contribution in [3.05, 3.63) is 93.8 Å². The molecule has 0 saturated carbocycles. The molecule has 1 unspecified atom stereocenters. The molecule has 182 valence electrons. The Balaban J connectivity index is 1.43. The molecular weight excluding hydrogens is 464 g/mol. The van der Waals surface area contributed by atoms with Crippen LogP contribution in [0.1, 0.15) is 58.2 Å². The van der Waals surface area contributed by atoms with E-state index in [1.165, 1.54) is 24.3 Å². The molecule has 0 aromatic heterocycles. The molecule has 4 nitrogen and oxygen atoms in total. The van der Waals surface area contributed by atoms with Crippen LogP contribution in [0.15, 0.2) is 54.6 Å². The summed E-state index contributed by atoms with van der Waals surface area (Å²) in [6, 6.07) is 13.4. The number of ether oxygens (including phenoxy) is 2. The zero-order valence-corrected chi connectivity index (χ0v) is 18.6. The second-order valence-corrected chi connectivity index (χ2v) is 8.91. The number of benzene rings is 3. The number of hydrogen-bond acceptors (Lipinski definition) is 3. The van der Waals surface area contributed by atoms with Gasteiger partial charge in [-0.15, -0.1) is 0 Å². The van der Waals surface area contributed by atoms with E-state index < -0.39 is 29.6 Å². The Kier molecular flexibility index (Phi) is 5.91. The third-order valence-corrected chi connectivity index (χ3v) is 6.61. The van der Waals surface area contributed by atoms with E-state index in [-0.39, 0.29) is 30.9 Å². The van der Waals surface area contributed by atoms with Gasteiger partial charge in [0.2, 0.25) is 0 Å². The number of hydrogen-bond donors (Lipinski definition) is 1. The van der Waals surface area contributed by atoms with Gasteiger partial charge in [-0.1, -0.05) is 24.3 Å². The number of alkyl halides is 3. The maximum atomic E-state index is 13.8. The molecule has 5 rings (SSSR count). The first kappa shape index (κ1) is 23.2. The van der Waals surface area contributed by atoms with Crippen LogP contribution in [0.2, 0.25) is 0 Å². The van der Waals surface area contributed by atoms with E-state index in [1.807, 2.05) is 0 Å². The lowest BCUT2D eigenvalue weighted by Gasteiger charge is -2.20. The summed E-state index contributed by atoms with van der Waals surface area (Å²) in [7, 11) is 0. The van der Waals surface area contributed by atoms with Gasteiger partial charge in [0, 0.05) is 17.5 Å². The van der Waals surface area contributed by atoms with Crippen molar-refractivity contribution in [1.29, 1.82) is 0 Å². The minimum Gasteiger partial charge on any atom is -0.492 e. The Morgan fingerprint density at radius 2 is 1.89 bits per heavy atom. The van der Waals surface area contributed by atoms with Gasteiger partial charge in [-0.2, -0.15) is 13.2 Å². The Morgan fingerprint density at radius 1 is 1.09 bits per heavy atom. The van der Waals surface area contributed by atoms with Crippen molar-refractivity contribution in [3.63, 3.8) is 0 Å². The van der Waals surface area contributed by atoms with Crippen LogP contribution in [-0.4, -0.2) is 17.7 Å². The van der Waals surface area contributed by atoms with E-state index >= 15 is 0 Å². The molecule has 1 heterocycles. The number of carboxylic acid groups (broad SMARTS) is 1. The molecule has 0 saturated heterocycles. The zero-order chi connectivity index (χ0) is 24.7.